The quantitative estimate of drug-likeness (QED) is 0.835. The van der Waals surface area contributed by atoms with Crippen LogP contribution in [0.1, 0.15) is 44.1 Å². The number of likely N-dealkylation sites (tertiary alicyclic amines) is 1. The fraction of sp³-hybridized carbons (Fsp3) is 0.556. The number of piperidine rings is 1. The van der Waals surface area contributed by atoms with E-state index in [1.807, 2.05) is 23.1 Å². The second-order valence-corrected chi connectivity index (χ2v) is 6.94. The number of fused-ring (bicyclic) bond motifs is 2. The second kappa shape index (κ2) is 5.87. The number of carbonyl (C=O) groups is 2. The molecule has 3 aliphatic rings. The van der Waals surface area contributed by atoms with Crippen LogP contribution in [-0.2, 0) is 11.2 Å². The number of benzene rings is 1. The Kier molecular flexibility index (Phi) is 3.71. The van der Waals surface area contributed by atoms with Crippen molar-refractivity contribution < 1.29 is 9.59 Å². The van der Waals surface area contributed by atoms with Gasteiger partial charge in [0.25, 0.3) is 0 Å². The number of aryl methyl sites for hydroxylation is 1. The zero-order chi connectivity index (χ0) is 15.8. The number of nitrogens with zero attached hydrogens (tertiary/aromatic N) is 1. The van der Waals surface area contributed by atoms with Gasteiger partial charge >= 0.3 is 6.03 Å². The molecule has 122 valence electrons. The summed E-state index contributed by atoms with van der Waals surface area (Å²) in [5, 5.41) is 5.91. The molecule has 2 aliphatic heterocycles. The minimum Gasteiger partial charge on any atom is -0.326 e. The summed E-state index contributed by atoms with van der Waals surface area (Å²) in [6.45, 7) is 0.856. The van der Waals surface area contributed by atoms with E-state index in [-0.39, 0.29) is 11.9 Å². The first-order valence-corrected chi connectivity index (χ1v) is 8.71. The van der Waals surface area contributed by atoms with E-state index in [1.165, 1.54) is 19.3 Å². The van der Waals surface area contributed by atoms with Crippen molar-refractivity contribution in [1.82, 2.24) is 4.90 Å². The highest BCUT2D eigenvalue weighted by atomic mass is 16.2. The Morgan fingerprint density at radius 1 is 1.17 bits per heavy atom. The molecule has 2 fully saturated rings. The van der Waals surface area contributed by atoms with Crippen molar-refractivity contribution in [2.75, 3.05) is 17.2 Å². The van der Waals surface area contributed by atoms with Crippen LogP contribution in [0.3, 0.4) is 0 Å². The maximum absolute atomic E-state index is 12.7. The topological polar surface area (TPSA) is 61.4 Å². The van der Waals surface area contributed by atoms with Gasteiger partial charge in [0.05, 0.1) is 0 Å². The van der Waals surface area contributed by atoms with Crippen LogP contribution >= 0.6 is 0 Å². The molecule has 1 aromatic carbocycles. The molecule has 2 atom stereocenters. The van der Waals surface area contributed by atoms with Gasteiger partial charge in [0.2, 0.25) is 5.91 Å². The third-order valence-corrected chi connectivity index (χ3v) is 5.51. The molecule has 1 saturated carbocycles. The molecule has 0 bridgehead atoms. The van der Waals surface area contributed by atoms with E-state index in [0.717, 1.165) is 42.7 Å². The van der Waals surface area contributed by atoms with Crippen molar-refractivity contribution in [1.29, 1.82) is 0 Å². The highest BCUT2D eigenvalue weighted by Crippen LogP contribution is 2.37. The SMILES string of the molecule is O=C1CCc2ccc(NC(=O)N3CCCC4CCCC43)cc2N1. The maximum Gasteiger partial charge on any atom is 0.322 e. The van der Waals surface area contributed by atoms with Crippen LogP contribution in [0.2, 0.25) is 0 Å². The molecular weight excluding hydrogens is 290 g/mol. The van der Waals surface area contributed by atoms with Crippen LogP contribution in [0.25, 0.3) is 0 Å². The van der Waals surface area contributed by atoms with Gasteiger partial charge in [0, 0.05) is 30.4 Å². The minimum atomic E-state index is 0.00341. The fourth-order valence-corrected chi connectivity index (χ4v) is 4.35. The number of amides is 3. The number of anilines is 2. The molecule has 0 aromatic heterocycles. The highest BCUT2D eigenvalue weighted by molar-refractivity contribution is 5.96. The molecule has 5 nitrogen and oxygen atoms in total. The lowest BCUT2D eigenvalue weighted by Crippen LogP contribution is -2.48. The van der Waals surface area contributed by atoms with Crippen LogP contribution < -0.4 is 10.6 Å². The first-order valence-electron chi connectivity index (χ1n) is 8.71. The molecule has 1 aliphatic carbocycles. The first-order chi connectivity index (χ1) is 11.2. The molecule has 2 unspecified atom stereocenters. The molecule has 2 N–H and O–H groups in total. The molecule has 0 radical (unpaired) electrons. The number of nitrogens with one attached hydrogen (secondary N) is 2. The average Bonchev–Trinajstić information content (AvgIpc) is 3.02. The molecule has 1 saturated heterocycles. The zero-order valence-corrected chi connectivity index (χ0v) is 13.3. The summed E-state index contributed by atoms with van der Waals surface area (Å²) in [5.41, 5.74) is 2.73. The molecule has 5 heteroatoms. The Morgan fingerprint density at radius 2 is 2.04 bits per heavy atom. The van der Waals surface area contributed by atoms with Crippen molar-refractivity contribution >= 4 is 23.3 Å². The van der Waals surface area contributed by atoms with Crippen molar-refractivity contribution in [3.05, 3.63) is 23.8 Å². The Labute approximate surface area is 136 Å². The molecule has 2 heterocycles. The van der Waals surface area contributed by atoms with Crippen LogP contribution in [0.5, 0.6) is 0 Å². The van der Waals surface area contributed by atoms with Crippen LogP contribution in [0.15, 0.2) is 18.2 Å². The molecule has 0 spiro atoms. The summed E-state index contributed by atoms with van der Waals surface area (Å²) in [7, 11) is 0. The number of rotatable bonds is 1. The van der Waals surface area contributed by atoms with E-state index in [2.05, 4.69) is 10.6 Å². The number of carbonyl (C=O) groups excluding carboxylic acids is 2. The predicted molar refractivity (Wildman–Crippen MR) is 89.5 cm³/mol. The summed E-state index contributed by atoms with van der Waals surface area (Å²) < 4.78 is 0. The monoisotopic (exact) mass is 313 g/mol. The number of urea groups is 1. The van der Waals surface area contributed by atoms with Gasteiger partial charge in [-0.2, -0.15) is 0 Å². The number of hydrogen-bond donors (Lipinski definition) is 2. The van der Waals surface area contributed by atoms with Crippen molar-refractivity contribution in [2.24, 2.45) is 5.92 Å². The predicted octanol–water partition coefficient (Wildman–Crippen LogP) is 3.37. The summed E-state index contributed by atoms with van der Waals surface area (Å²) >= 11 is 0. The van der Waals surface area contributed by atoms with Gasteiger partial charge < -0.3 is 15.5 Å². The van der Waals surface area contributed by atoms with Crippen LogP contribution in [-0.4, -0.2) is 29.4 Å². The highest BCUT2D eigenvalue weighted by Gasteiger charge is 2.37. The van der Waals surface area contributed by atoms with Gasteiger partial charge in [0.15, 0.2) is 0 Å². The van der Waals surface area contributed by atoms with Gasteiger partial charge in [-0.25, -0.2) is 4.79 Å². The lowest BCUT2D eigenvalue weighted by Gasteiger charge is -2.37. The van der Waals surface area contributed by atoms with Gasteiger partial charge in [-0.15, -0.1) is 0 Å². The average molecular weight is 313 g/mol. The summed E-state index contributed by atoms with van der Waals surface area (Å²) in [4.78, 5) is 26.2. The Hall–Kier alpha value is -2.04. The Morgan fingerprint density at radius 3 is 2.96 bits per heavy atom. The van der Waals surface area contributed by atoms with Gasteiger partial charge in [0.1, 0.15) is 0 Å². The van der Waals surface area contributed by atoms with E-state index in [9.17, 15) is 9.59 Å². The smallest absolute Gasteiger partial charge is 0.322 e. The van der Waals surface area contributed by atoms with E-state index >= 15 is 0 Å². The van der Waals surface area contributed by atoms with Gasteiger partial charge in [-0.05, 0) is 55.7 Å². The zero-order valence-electron chi connectivity index (χ0n) is 13.3. The molecule has 3 amide bonds. The van der Waals surface area contributed by atoms with E-state index in [4.69, 9.17) is 0 Å². The van der Waals surface area contributed by atoms with Gasteiger partial charge in [-0.3, -0.25) is 4.79 Å². The number of hydrogen-bond acceptors (Lipinski definition) is 2. The van der Waals surface area contributed by atoms with E-state index < -0.39 is 0 Å². The normalized spacial score (nSPS) is 26.3. The van der Waals surface area contributed by atoms with E-state index in [1.54, 1.807) is 0 Å². The summed E-state index contributed by atoms with van der Waals surface area (Å²) in [5.74, 6) is 0.739. The first kappa shape index (κ1) is 14.5. The third kappa shape index (κ3) is 2.80. The van der Waals surface area contributed by atoms with Crippen molar-refractivity contribution in [3.8, 4) is 0 Å². The van der Waals surface area contributed by atoms with Crippen LogP contribution in [0, 0.1) is 5.92 Å². The Bertz CT molecular complexity index is 643. The van der Waals surface area contributed by atoms with Gasteiger partial charge in [-0.1, -0.05) is 12.5 Å². The molecule has 4 rings (SSSR count). The lowest BCUT2D eigenvalue weighted by molar-refractivity contribution is -0.116. The second-order valence-electron chi connectivity index (χ2n) is 6.94. The maximum atomic E-state index is 12.7. The molecule has 23 heavy (non-hydrogen) atoms. The third-order valence-electron chi connectivity index (χ3n) is 5.51. The minimum absolute atomic E-state index is 0.00341. The fourth-order valence-electron chi connectivity index (χ4n) is 4.35. The largest absolute Gasteiger partial charge is 0.326 e. The molecular formula is C18H23N3O2. The summed E-state index contributed by atoms with van der Waals surface area (Å²) in [6, 6.07) is 6.23. The van der Waals surface area contributed by atoms with Crippen LogP contribution in [0.4, 0.5) is 16.2 Å². The molecule has 1 aromatic rings. The van der Waals surface area contributed by atoms with E-state index in [0.29, 0.717) is 18.4 Å². The summed E-state index contributed by atoms with van der Waals surface area (Å²) in [6.07, 6.45) is 7.32. The Balaban J connectivity index is 1.48. The lowest BCUT2D eigenvalue weighted by atomic mass is 9.92. The standard InChI is InChI=1S/C18H23N3O2/c22-17-9-7-12-6-8-14(11-15(12)20-17)19-18(23)21-10-2-4-13-3-1-5-16(13)21/h6,8,11,13,16H,1-5,7,9-10H2,(H,19,23)(H,20,22). The van der Waals surface area contributed by atoms with Crippen molar-refractivity contribution in [3.63, 3.8) is 0 Å². The van der Waals surface area contributed by atoms with Crippen molar-refractivity contribution in [2.45, 2.75) is 51.0 Å².